The zero-order valence-corrected chi connectivity index (χ0v) is 33.3. The van der Waals surface area contributed by atoms with Crippen molar-refractivity contribution >= 4 is 27.3 Å². The summed E-state index contributed by atoms with van der Waals surface area (Å²) in [6, 6.07) is 26.2. The molecule has 3 aromatic carbocycles. The molecule has 4 aromatic rings. The molecule has 3 nitrogen and oxygen atoms in total. The minimum Gasteiger partial charge on any atom is -0.480 e. The van der Waals surface area contributed by atoms with Crippen molar-refractivity contribution in [2.45, 2.75) is 130 Å². The maximum Gasteiger partial charge on any atom is 0.155 e. The van der Waals surface area contributed by atoms with Crippen LogP contribution in [0.25, 0.3) is 0 Å². The Bertz CT molecular complexity index is 1640. The molecule has 1 heterocycles. The van der Waals surface area contributed by atoms with Gasteiger partial charge in [0.15, 0.2) is 6.10 Å². The molecule has 4 heteroatoms. The van der Waals surface area contributed by atoms with E-state index in [2.05, 4.69) is 187 Å². The lowest BCUT2D eigenvalue weighted by molar-refractivity contribution is 0.291. The standard InChI is InChI=1S/C45H59BrN2O/c1-11-19-33-21-18-22-34(20-12-2)41(33)47-39(26-30-48-28-16-17-29-48)40(25-27-45(9,10)35-23-14-13-15-24-35)49-42-37(43(3,4)5)31-36(46)32-38(42)44(6,7)8/h13-18,21-25,27-29,31-32,40H,11-12,19-20,26,30H2,1-10H3/b27-25+,47-39+/t40-/m1/s1. The normalized spacial score (nSPS) is 13.7. The highest BCUT2D eigenvalue weighted by Crippen LogP contribution is 2.43. The molecule has 0 aliphatic carbocycles. The summed E-state index contributed by atoms with van der Waals surface area (Å²) in [7, 11) is 0. The van der Waals surface area contributed by atoms with Crippen LogP contribution in [-0.4, -0.2) is 16.4 Å². The average molecular weight is 724 g/mol. The van der Waals surface area contributed by atoms with Crippen molar-refractivity contribution in [2.75, 3.05) is 0 Å². The Hall–Kier alpha value is -3.37. The molecule has 0 unspecified atom stereocenters. The largest absolute Gasteiger partial charge is 0.480 e. The lowest BCUT2D eigenvalue weighted by Gasteiger charge is -2.32. The van der Waals surface area contributed by atoms with Gasteiger partial charge in [0.05, 0.1) is 11.4 Å². The zero-order chi connectivity index (χ0) is 35.8. The molecule has 1 atom stereocenters. The molecule has 0 aliphatic rings. The predicted molar refractivity (Wildman–Crippen MR) is 215 cm³/mol. The van der Waals surface area contributed by atoms with E-state index in [1.54, 1.807) is 0 Å². The van der Waals surface area contributed by atoms with Gasteiger partial charge >= 0.3 is 0 Å². The molecule has 0 N–H and O–H groups in total. The van der Waals surface area contributed by atoms with Crippen molar-refractivity contribution in [1.82, 2.24) is 4.57 Å². The van der Waals surface area contributed by atoms with Crippen molar-refractivity contribution < 1.29 is 4.74 Å². The highest BCUT2D eigenvalue weighted by Gasteiger charge is 2.31. The quantitative estimate of drug-likeness (QED) is 0.0940. The Morgan fingerprint density at radius 1 is 0.776 bits per heavy atom. The van der Waals surface area contributed by atoms with E-state index in [-0.39, 0.29) is 22.3 Å². The Labute approximate surface area is 306 Å². The van der Waals surface area contributed by atoms with Crippen LogP contribution in [0.4, 0.5) is 5.69 Å². The first kappa shape index (κ1) is 38.4. The summed E-state index contributed by atoms with van der Waals surface area (Å²) in [6.07, 6.45) is 13.4. The van der Waals surface area contributed by atoms with Crippen molar-refractivity contribution in [1.29, 1.82) is 0 Å². The van der Waals surface area contributed by atoms with E-state index in [0.717, 1.165) is 60.3 Å². The van der Waals surface area contributed by atoms with Crippen LogP contribution in [-0.2, 0) is 35.6 Å². The van der Waals surface area contributed by atoms with Gasteiger partial charge < -0.3 is 9.30 Å². The third kappa shape index (κ3) is 10.3. The van der Waals surface area contributed by atoms with Crippen LogP contribution in [0.2, 0.25) is 0 Å². The smallest absolute Gasteiger partial charge is 0.155 e. The summed E-state index contributed by atoms with van der Waals surface area (Å²) in [5.41, 5.74) is 7.96. The van der Waals surface area contributed by atoms with Crippen LogP contribution in [0, 0.1) is 0 Å². The van der Waals surface area contributed by atoms with Gasteiger partial charge in [-0.15, -0.1) is 0 Å². The van der Waals surface area contributed by atoms with Gasteiger partial charge in [0.1, 0.15) is 5.75 Å². The Kier molecular flexibility index (Phi) is 13.0. The third-order valence-electron chi connectivity index (χ3n) is 9.24. The van der Waals surface area contributed by atoms with Gasteiger partial charge in [-0.3, -0.25) is 4.99 Å². The number of halogens is 1. The van der Waals surface area contributed by atoms with Crippen LogP contribution >= 0.6 is 15.9 Å². The van der Waals surface area contributed by atoms with Gasteiger partial charge in [-0.1, -0.05) is 153 Å². The Morgan fingerprint density at radius 3 is 1.84 bits per heavy atom. The minimum absolute atomic E-state index is 0.138. The molecule has 0 bridgehead atoms. The van der Waals surface area contributed by atoms with Gasteiger partial charge in [-0.25, -0.2) is 0 Å². The topological polar surface area (TPSA) is 26.5 Å². The van der Waals surface area contributed by atoms with Crippen molar-refractivity contribution in [3.05, 3.63) is 130 Å². The zero-order valence-electron chi connectivity index (χ0n) is 31.7. The van der Waals surface area contributed by atoms with E-state index < -0.39 is 0 Å². The van der Waals surface area contributed by atoms with Gasteiger partial charge in [0, 0.05) is 46.4 Å². The number of benzene rings is 3. The summed E-state index contributed by atoms with van der Waals surface area (Å²) in [5.74, 6) is 0.958. The number of aliphatic imine (C=N–C) groups is 1. The number of ether oxygens (including phenoxy) is 1. The lowest BCUT2D eigenvalue weighted by Crippen LogP contribution is -2.30. The average Bonchev–Trinajstić information content (AvgIpc) is 3.56. The fourth-order valence-electron chi connectivity index (χ4n) is 6.37. The molecule has 0 saturated carbocycles. The van der Waals surface area contributed by atoms with Gasteiger partial charge in [-0.05, 0) is 70.7 Å². The van der Waals surface area contributed by atoms with Crippen molar-refractivity contribution in [3.63, 3.8) is 0 Å². The van der Waals surface area contributed by atoms with E-state index in [4.69, 9.17) is 9.73 Å². The van der Waals surface area contributed by atoms with E-state index in [1.165, 1.54) is 27.8 Å². The lowest BCUT2D eigenvalue weighted by atomic mass is 9.79. The predicted octanol–water partition coefficient (Wildman–Crippen LogP) is 12.9. The van der Waals surface area contributed by atoms with E-state index in [9.17, 15) is 0 Å². The molecule has 49 heavy (non-hydrogen) atoms. The molecule has 0 amide bonds. The van der Waals surface area contributed by atoms with E-state index in [0.29, 0.717) is 0 Å². The molecule has 0 saturated heterocycles. The summed E-state index contributed by atoms with van der Waals surface area (Å²) in [6.45, 7) is 23.5. The highest BCUT2D eigenvalue weighted by atomic mass is 79.9. The number of aromatic nitrogens is 1. The summed E-state index contributed by atoms with van der Waals surface area (Å²) >= 11 is 3.85. The Balaban J connectivity index is 2.00. The summed E-state index contributed by atoms with van der Waals surface area (Å²) < 4.78 is 10.8. The maximum absolute atomic E-state index is 7.47. The minimum atomic E-state index is -0.383. The Morgan fingerprint density at radius 2 is 1.33 bits per heavy atom. The van der Waals surface area contributed by atoms with Crippen LogP contribution in [0.15, 0.2) is 107 Å². The third-order valence-corrected chi connectivity index (χ3v) is 9.70. The molecule has 0 radical (unpaired) electrons. The molecule has 4 rings (SSSR count). The monoisotopic (exact) mass is 722 g/mol. The number of rotatable bonds is 14. The summed E-state index contributed by atoms with van der Waals surface area (Å²) in [5, 5.41) is 0. The van der Waals surface area contributed by atoms with Crippen LogP contribution in [0.3, 0.4) is 0 Å². The molecule has 0 aliphatic heterocycles. The second-order valence-corrected chi connectivity index (χ2v) is 16.9. The van der Waals surface area contributed by atoms with Gasteiger partial charge in [0.25, 0.3) is 0 Å². The molecule has 0 spiro atoms. The van der Waals surface area contributed by atoms with Crippen molar-refractivity contribution in [3.8, 4) is 5.75 Å². The van der Waals surface area contributed by atoms with Gasteiger partial charge in [0.2, 0.25) is 0 Å². The molecule has 262 valence electrons. The number of allylic oxidation sites excluding steroid dienone is 1. The fourth-order valence-corrected chi connectivity index (χ4v) is 6.83. The van der Waals surface area contributed by atoms with Gasteiger partial charge in [-0.2, -0.15) is 0 Å². The maximum atomic E-state index is 7.47. The first-order valence-electron chi connectivity index (χ1n) is 18.2. The van der Waals surface area contributed by atoms with E-state index in [1.807, 2.05) is 0 Å². The molecular formula is C45H59BrN2O. The summed E-state index contributed by atoms with van der Waals surface area (Å²) in [4.78, 5) is 5.68. The first-order chi connectivity index (χ1) is 23.1. The SMILES string of the molecule is CCCc1cccc(CCC)c1/N=C(\CCn1cccc1)[C@@H](/C=C/C(C)(C)c1ccccc1)Oc1c(C(C)(C)C)cc(Br)cc1C(C)(C)C. The number of para-hydroxylation sites is 1. The second-order valence-electron chi connectivity index (χ2n) is 16.0. The number of hydrogen-bond acceptors (Lipinski definition) is 2. The van der Waals surface area contributed by atoms with Crippen LogP contribution in [0.1, 0.15) is 116 Å². The van der Waals surface area contributed by atoms with Crippen LogP contribution in [0.5, 0.6) is 5.75 Å². The highest BCUT2D eigenvalue weighted by molar-refractivity contribution is 9.10. The second kappa shape index (κ2) is 16.6. The molecular weight excluding hydrogens is 664 g/mol. The van der Waals surface area contributed by atoms with E-state index >= 15 is 0 Å². The fraction of sp³-hybridized carbons (Fsp3) is 0.444. The van der Waals surface area contributed by atoms with Crippen molar-refractivity contribution in [2.24, 2.45) is 4.99 Å². The molecule has 0 fully saturated rings. The number of hydrogen-bond donors (Lipinski definition) is 0. The van der Waals surface area contributed by atoms with Crippen LogP contribution < -0.4 is 4.74 Å². The first-order valence-corrected chi connectivity index (χ1v) is 19.0. The number of nitrogens with zero attached hydrogens (tertiary/aromatic N) is 2. The number of aryl methyl sites for hydroxylation is 3. The molecule has 1 aromatic heterocycles.